The summed E-state index contributed by atoms with van der Waals surface area (Å²) in [7, 11) is 0. The van der Waals surface area contributed by atoms with Crippen LogP contribution in [-0.4, -0.2) is 16.4 Å². The van der Waals surface area contributed by atoms with Gasteiger partial charge in [0.2, 0.25) is 5.91 Å². The summed E-state index contributed by atoms with van der Waals surface area (Å²) in [5, 5.41) is 3.06. The highest BCUT2D eigenvalue weighted by Gasteiger charge is 2.37. The smallest absolute Gasteiger partial charge is 0.240 e. The molecular weight excluding hydrogens is 286 g/mol. The van der Waals surface area contributed by atoms with Crippen molar-refractivity contribution < 1.29 is 4.79 Å². The van der Waals surface area contributed by atoms with Crippen molar-refractivity contribution in [1.82, 2.24) is 10.3 Å². The van der Waals surface area contributed by atoms with Crippen LogP contribution in [-0.2, 0) is 4.79 Å². The highest BCUT2D eigenvalue weighted by molar-refractivity contribution is 5.86. The maximum absolute atomic E-state index is 12.4. The predicted molar refractivity (Wildman–Crippen MR) is 91.6 cm³/mol. The molecule has 1 saturated carbocycles. The summed E-state index contributed by atoms with van der Waals surface area (Å²) in [5.74, 6) is -0.0271. The molecule has 23 heavy (non-hydrogen) atoms. The van der Waals surface area contributed by atoms with Gasteiger partial charge in [-0.1, -0.05) is 37.1 Å². The summed E-state index contributed by atoms with van der Waals surface area (Å²) in [5.41, 5.74) is 8.89. The molecule has 3 N–H and O–H groups in total. The Bertz CT molecular complexity index is 661. The Balaban J connectivity index is 1.68. The van der Waals surface area contributed by atoms with E-state index in [0.717, 1.165) is 42.4 Å². The van der Waals surface area contributed by atoms with Gasteiger partial charge in [0.05, 0.1) is 11.6 Å². The molecule has 1 amide bonds. The monoisotopic (exact) mass is 309 g/mol. The summed E-state index contributed by atoms with van der Waals surface area (Å²) in [6.07, 6.45) is 7.22. The standard InChI is InChI=1S/C19H23N3O/c1-14(22-18(23)19(20)10-2-3-11-19)15-4-6-16(7-5-15)17-8-12-21-13-9-17/h4-9,12-14H,2-3,10-11,20H2,1H3,(H,22,23). The number of carbonyl (C=O) groups excluding carboxylic acids is 1. The summed E-state index contributed by atoms with van der Waals surface area (Å²) >= 11 is 0. The number of hydrogen-bond donors (Lipinski definition) is 2. The average molecular weight is 309 g/mol. The third-order valence-corrected chi connectivity index (χ3v) is 4.72. The van der Waals surface area contributed by atoms with Crippen molar-refractivity contribution in [3.05, 3.63) is 54.4 Å². The lowest BCUT2D eigenvalue weighted by molar-refractivity contribution is -0.126. The number of carbonyl (C=O) groups is 1. The van der Waals surface area contributed by atoms with Gasteiger partial charge in [0.25, 0.3) is 0 Å². The van der Waals surface area contributed by atoms with Crippen molar-refractivity contribution in [2.45, 2.75) is 44.2 Å². The normalized spacial score (nSPS) is 17.7. The van der Waals surface area contributed by atoms with E-state index >= 15 is 0 Å². The van der Waals surface area contributed by atoms with Gasteiger partial charge in [-0.15, -0.1) is 0 Å². The molecule has 0 saturated heterocycles. The summed E-state index contributed by atoms with van der Waals surface area (Å²) in [4.78, 5) is 16.4. The van der Waals surface area contributed by atoms with Gasteiger partial charge in [0.15, 0.2) is 0 Å². The van der Waals surface area contributed by atoms with Crippen molar-refractivity contribution in [3.63, 3.8) is 0 Å². The second kappa shape index (κ2) is 6.50. The minimum Gasteiger partial charge on any atom is -0.348 e. The van der Waals surface area contributed by atoms with E-state index in [2.05, 4.69) is 34.6 Å². The molecule has 1 aromatic heterocycles. The van der Waals surface area contributed by atoms with E-state index < -0.39 is 5.54 Å². The Morgan fingerprint density at radius 3 is 2.26 bits per heavy atom. The van der Waals surface area contributed by atoms with Gasteiger partial charge < -0.3 is 11.1 Å². The number of hydrogen-bond acceptors (Lipinski definition) is 3. The first-order valence-electron chi connectivity index (χ1n) is 8.19. The molecule has 1 fully saturated rings. The Morgan fingerprint density at radius 1 is 1.09 bits per heavy atom. The van der Waals surface area contributed by atoms with Gasteiger partial charge in [-0.2, -0.15) is 0 Å². The van der Waals surface area contributed by atoms with Crippen molar-refractivity contribution in [2.75, 3.05) is 0 Å². The van der Waals surface area contributed by atoms with Gasteiger partial charge in [-0.05, 0) is 48.6 Å². The summed E-state index contributed by atoms with van der Waals surface area (Å²) in [6, 6.07) is 12.2. The Hall–Kier alpha value is -2.20. The second-order valence-corrected chi connectivity index (χ2v) is 6.42. The van der Waals surface area contributed by atoms with Gasteiger partial charge in [-0.25, -0.2) is 0 Å². The SMILES string of the molecule is CC(NC(=O)C1(N)CCCC1)c1ccc(-c2ccncc2)cc1. The third-order valence-electron chi connectivity index (χ3n) is 4.72. The zero-order valence-electron chi connectivity index (χ0n) is 13.5. The van der Waals surface area contributed by atoms with Crippen LogP contribution in [0.2, 0.25) is 0 Å². The van der Waals surface area contributed by atoms with Crippen molar-refractivity contribution in [3.8, 4) is 11.1 Å². The molecule has 1 aliphatic rings. The van der Waals surface area contributed by atoms with Crippen LogP contribution in [0.15, 0.2) is 48.8 Å². The predicted octanol–water partition coefficient (Wildman–Crippen LogP) is 3.20. The fourth-order valence-corrected chi connectivity index (χ4v) is 3.17. The molecule has 1 aromatic carbocycles. The maximum Gasteiger partial charge on any atom is 0.240 e. The lowest BCUT2D eigenvalue weighted by Crippen LogP contribution is -2.52. The van der Waals surface area contributed by atoms with Crippen LogP contribution in [0.1, 0.15) is 44.2 Å². The zero-order chi connectivity index (χ0) is 16.3. The quantitative estimate of drug-likeness (QED) is 0.911. The number of nitrogens with one attached hydrogen (secondary N) is 1. The highest BCUT2D eigenvalue weighted by atomic mass is 16.2. The first-order valence-corrected chi connectivity index (χ1v) is 8.19. The van der Waals surface area contributed by atoms with Crippen LogP contribution in [0.4, 0.5) is 0 Å². The van der Waals surface area contributed by atoms with Gasteiger partial charge in [-0.3, -0.25) is 9.78 Å². The number of nitrogens with two attached hydrogens (primary N) is 1. The largest absolute Gasteiger partial charge is 0.348 e. The molecule has 120 valence electrons. The molecule has 4 heteroatoms. The molecule has 1 aliphatic carbocycles. The molecule has 0 aliphatic heterocycles. The van der Waals surface area contributed by atoms with Crippen LogP contribution >= 0.6 is 0 Å². The Morgan fingerprint density at radius 2 is 1.65 bits per heavy atom. The highest BCUT2D eigenvalue weighted by Crippen LogP contribution is 2.28. The van der Waals surface area contributed by atoms with Crippen molar-refractivity contribution in [2.24, 2.45) is 5.73 Å². The van der Waals surface area contributed by atoms with Crippen LogP contribution < -0.4 is 11.1 Å². The molecule has 0 spiro atoms. The molecule has 0 bridgehead atoms. The number of aromatic nitrogens is 1. The average Bonchev–Trinajstić information content (AvgIpc) is 3.04. The van der Waals surface area contributed by atoms with Crippen molar-refractivity contribution >= 4 is 5.91 Å². The molecule has 4 nitrogen and oxygen atoms in total. The van der Waals surface area contributed by atoms with E-state index in [4.69, 9.17) is 5.73 Å². The van der Waals surface area contributed by atoms with E-state index in [0.29, 0.717) is 0 Å². The minimum absolute atomic E-state index is 0.0271. The van der Waals surface area contributed by atoms with Crippen LogP contribution in [0.25, 0.3) is 11.1 Å². The number of pyridine rings is 1. The summed E-state index contributed by atoms with van der Waals surface area (Å²) < 4.78 is 0. The zero-order valence-corrected chi connectivity index (χ0v) is 13.5. The van der Waals surface area contributed by atoms with Crippen LogP contribution in [0.3, 0.4) is 0 Å². The van der Waals surface area contributed by atoms with Gasteiger partial charge >= 0.3 is 0 Å². The van der Waals surface area contributed by atoms with Crippen LogP contribution in [0.5, 0.6) is 0 Å². The fourth-order valence-electron chi connectivity index (χ4n) is 3.17. The Kier molecular flexibility index (Phi) is 4.44. The minimum atomic E-state index is -0.675. The van der Waals surface area contributed by atoms with Gasteiger partial charge in [0, 0.05) is 12.4 Å². The number of nitrogens with zero attached hydrogens (tertiary/aromatic N) is 1. The fraction of sp³-hybridized carbons (Fsp3) is 0.368. The molecular formula is C19H23N3O. The van der Waals surface area contributed by atoms with E-state index in [1.807, 2.05) is 19.1 Å². The maximum atomic E-state index is 12.4. The lowest BCUT2D eigenvalue weighted by atomic mass is 9.96. The van der Waals surface area contributed by atoms with E-state index in [9.17, 15) is 4.79 Å². The van der Waals surface area contributed by atoms with Crippen molar-refractivity contribution in [1.29, 1.82) is 0 Å². The first kappa shape index (κ1) is 15.7. The topological polar surface area (TPSA) is 68.0 Å². The molecule has 3 rings (SSSR count). The number of amides is 1. The molecule has 1 unspecified atom stereocenters. The number of benzene rings is 1. The van der Waals surface area contributed by atoms with E-state index in [-0.39, 0.29) is 11.9 Å². The lowest BCUT2D eigenvalue weighted by Gasteiger charge is -2.25. The van der Waals surface area contributed by atoms with Gasteiger partial charge in [0.1, 0.15) is 0 Å². The molecule has 0 radical (unpaired) electrons. The van der Waals surface area contributed by atoms with Crippen LogP contribution in [0, 0.1) is 0 Å². The van der Waals surface area contributed by atoms with E-state index in [1.54, 1.807) is 12.4 Å². The van der Waals surface area contributed by atoms with E-state index in [1.165, 1.54) is 0 Å². The summed E-state index contributed by atoms with van der Waals surface area (Å²) in [6.45, 7) is 2.00. The molecule has 1 atom stereocenters. The molecule has 1 heterocycles. The second-order valence-electron chi connectivity index (χ2n) is 6.42. The third kappa shape index (κ3) is 3.42. The number of rotatable bonds is 4. The Labute approximate surface area is 137 Å². The first-order chi connectivity index (χ1) is 11.1. The molecule has 2 aromatic rings.